The zero-order chi connectivity index (χ0) is 14.6. The van der Waals surface area contributed by atoms with E-state index in [1.807, 2.05) is 0 Å². The van der Waals surface area contributed by atoms with Crippen LogP contribution in [0.15, 0.2) is 23.1 Å². The van der Waals surface area contributed by atoms with Gasteiger partial charge in [-0.15, -0.1) is 0 Å². The van der Waals surface area contributed by atoms with Crippen molar-refractivity contribution >= 4 is 27.4 Å². The summed E-state index contributed by atoms with van der Waals surface area (Å²) in [6.45, 7) is 3.22. The summed E-state index contributed by atoms with van der Waals surface area (Å²) < 4.78 is 42.0. The third-order valence-corrected chi connectivity index (χ3v) is 4.94. The zero-order valence-corrected chi connectivity index (χ0v) is 12.1. The molecule has 0 fully saturated rings. The quantitative estimate of drug-likeness (QED) is 0.619. The average Bonchev–Trinajstić information content (AvgIpc) is 2.32. The molecule has 0 spiro atoms. The van der Waals surface area contributed by atoms with Gasteiger partial charge in [-0.05, 0) is 32.0 Å². The maximum absolute atomic E-state index is 13.0. The summed E-state index contributed by atoms with van der Waals surface area (Å²) >= 11 is 5.55. The van der Waals surface area contributed by atoms with Gasteiger partial charge < -0.3 is 4.74 Å². The number of carbonyl (C=O) groups is 1. The maximum Gasteiger partial charge on any atom is 0.307 e. The van der Waals surface area contributed by atoms with E-state index in [4.69, 9.17) is 16.3 Å². The van der Waals surface area contributed by atoms with Crippen molar-refractivity contribution in [1.82, 2.24) is 0 Å². The molecule has 1 aromatic rings. The van der Waals surface area contributed by atoms with Crippen LogP contribution in [-0.2, 0) is 19.4 Å². The van der Waals surface area contributed by atoms with Gasteiger partial charge in [0, 0.05) is 0 Å². The van der Waals surface area contributed by atoms with Crippen LogP contribution in [0.4, 0.5) is 4.39 Å². The number of halogens is 2. The molecule has 7 heteroatoms. The zero-order valence-electron chi connectivity index (χ0n) is 10.5. The molecule has 0 amide bonds. The molecule has 0 aliphatic rings. The largest absolute Gasteiger partial charge is 0.466 e. The molecule has 0 aliphatic heterocycles. The molecule has 0 radical (unpaired) electrons. The van der Waals surface area contributed by atoms with Gasteiger partial charge in [0.1, 0.15) is 5.82 Å². The SMILES string of the molecule is CCOC(=O)CC(C)S(=O)(=O)c1ccc(F)c(Cl)c1. The number of ether oxygens (including phenoxy) is 1. The Morgan fingerprint density at radius 2 is 2.11 bits per heavy atom. The predicted octanol–water partition coefficient (Wildman–Crippen LogP) is 2.59. The van der Waals surface area contributed by atoms with Crippen molar-refractivity contribution < 1.29 is 22.3 Å². The lowest BCUT2D eigenvalue weighted by molar-refractivity contribution is -0.143. The minimum atomic E-state index is -3.74. The standard InChI is InChI=1S/C12H14ClFO4S/c1-3-18-12(15)6-8(2)19(16,17)9-4-5-11(14)10(13)7-9/h4-5,7-8H,3,6H2,1-2H3. The number of esters is 1. The number of rotatable bonds is 5. The molecule has 0 saturated carbocycles. The molecule has 0 saturated heterocycles. The van der Waals surface area contributed by atoms with Crippen molar-refractivity contribution in [1.29, 1.82) is 0 Å². The molecule has 0 bridgehead atoms. The third kappa shape index (κ3) is 3.91. The van der Waals surface area contributed by atoms with Gasteiger partial charge in [0.2, 0.25) is 0 Å². The highest BCUT2D eigenvalue weighted by molar-refractivity contribution is 7.92. The predicted molar refractivity (Wildman–Crippen MR) is 69.3 cm³/mol. The van der Waals surface area contributed by atoms with Gasteiger partial charge in [-0.3, -0.25) is 4.79 Å². The number of benzene rings is 1. The highest BCUT2D eigenvalue weighted by Crippen LogP contribution is 2.23. The van der Waals surface area contributed by atoms with E-state index in [2.05, 4.69) is 0 Å². The lowest BCUT2D eigenvalue weighted by atomic mass is 10.3. The van der Waals surface area contributed by atoms with Crippen LogP contribution in [0.3, 0.4) is 0 Å². The second-order valence-corrected chi connectivity index (χ2v) is 6.71. The summed E-state index contributed by atoms with van der Waals surface area (Å²) in [5, 5.41) is -1.24. The fraction of sp³-hybridized carbons (Fsp3) is 0.417. The second kappa shape index (κ2) is 6.34. The van der Waals surface area contributed by atoms with Gasteiger partial charge in [0.05, 0.1) is 28.2 Å². The lowest BCUT2D eigenvalue weighted by Gasteiger charge is -2.12. The normalized spacial score (nSPS) is 13.1. The molecule has 0 heterocycles. The van der Waals surface area contributed by atoms with Crippen molar-refractivity contribution in [3.05, 3.63) is 29.0 Å². The van der Waals surface area contributed by atoms with Crippen molar-refractivity contribution in [2.75, 3.05) is 6.61 Å². The molecule has 0 N–H and O–H groups in total. The first-order valence-corrected chi connectivity index (χ1v) is 7.56. The maximum atomic E-state index is 13.0. The van der Waals surface area contributed by atoms with Crippen LogP contribution >= 0.6 is 11.6 Å². The molecule has 106 valence electrons. The first-order chi connectivity index (χ1) is 8.78. The van der Waals surface area contributed by atoms with Crippen molar-refractivity contribution in [3.63, 3.8) is 0 Å². The molecule has 4 nitrogen and oxygen atoms in total. The van der Waals surface area contributed by atoms with Gasteiger partial charge in [-0.25, -0.2) is 12.8 Å². The summed E-state index contributed by atoms with van der Waals surface area (Å²) in [7, 11) is -3.74. The van der Waals surface area contributed by atoms with E-state index < -0.39 is 26.9 Å². The van der Waals surface area contributed by atoms with Gasteiger partial charge in [0.15, 0.2) is 9.84 Å². The Labute approximate surface area is 116 Å². The monoisotopic (exact) mass is 308 g/mol. The topological polar surface area (TPSA) is 60.4 Å². The summed E-state index contributed by atoms with van der Waals surface area (Å²) in [5.41, 5.74) is 0. The molecular formula is C12H14ClFO4S. The van der Waals surface area contributed by atoms with E-state index in [0.29, 0.717) is 0 Å². The smallest absolute Gasteiger partial charge is 0.307 e. The fourth-order valence-corrected chi connectivity index (χ4v) is 3.06. The fourth-order valence-electron chi connectivity index (χ4n) is 1.45. The van der Waals surface area contributed by atoms with E-state index in [0.717, 1.165) is 18.2 Å². The molecule has 1 rings (SSSR count). The highest BCUT2D eigenvalue weighted by atomic mass is 35.5. The highest BCUT2D eigenvalue weighted by Gasteiger charge is 2.26. The molecule has 0 aliphatic carbocycles. The second-order valence-electron chi connectivity index (χ2n) is 3.94. The van der Waals surface area contributed by atoms with Crippen LogP contribution in [0.2, 0.25) is 5.02 Å². The van der Waals surface area contributed by atoms with Gasteiger partial charge in [-0.2, -0.15) is 0 Å². The van der Waals surface area contributed by atoms with E-state index >= 15 is 0 Å². The average molecular weight is 309 g/mol. The minimum absolute atomic E-state index is 0.115. The Morgan fingerprint density at radius 1 is 1.47 bits per heavy atom. The Balaban J connectivity index is 2.96. The van der Waals surface area contributed by atoms with Gasteiger partial charge in [-0.1, -0.05) is 11.6 Å². The number of hydrogen-bond donors (Lipinski definition) is 0. The molecule has 0 aromatic heterocycles. The van der Waals surface area contributed by atoms with E-state index in [1.54, 1.807) is 6.92 Å². The van der Waals surface area contributed by atoms with E-state index in [-0.39, 0.29) is 22.9 Å². The van der Waals surface area contributed by atoms with Crippen LogP contribution in [0.5, 0.6) is 0 Å². The first kappa shape index (κ1) is 15.9. The van der Waals surface area contributed by atoms with Gasteiger partial charge in [0.25, 0.3) is 0 Å². The third-order valence-electron chi connectivity index (χ3n) is 2.51. The van der Waals surface area contributed by atoms with Crippen molar-refractivity contribution in [2.24, 2.45) is 0 Å². The molecule has 1 aromatic carbocycles. The Morgan fingerprint density at radius 3 is 2.63 bits per heavy atom. The van der Waals surface area contributed by atoms with E-state index in [9.17, 15) is 17.6 Å². The van der Waals surface area contributed by atoms with Gasteiger partial charge >= 0.3 is 5.97 Å². The molecular weight excluding hydrogens is 295 g/mol. The van der Waals surface area contributed by atoms with Crippen LogP contribution in [0, 0.1) is 5.82 Å². The summed E-state index contributed by atoms with van der Waals surface area (Å²) in [4.78, 5) is 11.2. The first-order valence-electron chi connectivity index (χ1n) is 5.63. The van der Waals surface area contributed by atoms with E-state index in [1.165, 1.54) is 6.92 Å². The number of hydrogen-bond acceptors (Lipinski definition) is 4. The molecule has 19 heavy (non-hydrogen) atoms. The van der Waals surface area contributed by atoms with Crippen molar-refractivity contribution in [2.45, 2.75) is 30.4 Å². The van der Waals surface area contributed by atoms with Crippen LogP contribution < -0.4 is 0 Å². The number of sulfone groups is 1. The van der Waals surface area contributed by atoms with Crippen LogP contribution in [0.1, 0.15) is 20.3 Å². The van der Waals surface area contributed by atoms with Crippen molar-refractivity contribution in [3.8, 4) is 0 Å². The summed E-state index contributed by atoms with van der Waals surface area (Å²) in [6.07, 6.45) is -0.259. The Hall–Kier alpha value is -1.14. The van der Waals surface area contributed by atoms with Crippen LogP contribution in [-0.4, -0.2) is 26.2 Å². The van der Waals surface area contributed by atoms with Crippen LogP contribution in [0.25, 0.3) is 0 Å². The summed E-state index contributed by atoms with van der Waals surface area (Å²) in [6, 6.07) is 3.14. The Bertz CT molecular complexity index is 571. The number of carbonyl (C=O) groups excluding carboxylic acids is 1. The Kier molecular flexibility index (Phi) is 5.31. The molecule has 1 unspecified atom stereocenters. The minimum Gasteiger partial charge on any atom is -0.466 e. The molecule has 1 atom stereocenters. The lowest BCUT2D eigenvalue weighted by Crippen LogP contribution is -2.22. The summed E-state index contributed by atoms with van der Waals surface area (Å²) in [5.74, 6) is -1.29.